The van der Waals surface area contributed by atoms with Crippen molar-refractivity contribution in [2.24, 2.45) is 0 Å². The first-order valence-electron chi connectivity index (χ1n) is 7.06. The van der Waals surface area contributed by atoms with Gasteiger partial charge in [0, 0.05) is 0 Å². The van der Waals surface area contributed by atoms with Gasteiger partial charge < -0.3 is 9.13 Å². The average Bonchev–Trinajstić information content (AvgIpc) is 3.16. The largest absolute Gasteiger partial charge is 0.303 e. The minimum atomic E-state index is 0.0514. The zero-order valence-electron chi connectivity index (χ0n) is 12.7. The molecule has 0 saturated heterocycles. The number of nitrogens with zero attached hydrogens (tertiary/aromatic N) is 8. The Morgan fingerprint density at radius 2 is 1.12 bits per heavy atom. The average molecular weight is 428 g/mol. The maximum Gasteiger partial charge on any atom is 0.225 e. The van der Waals surface area contributed by atoms with E-state index in [9.17, 15) is 0 Å². The first-order chi connectivity index (χ1) is 12.5. The molecule has 0 spiro atoms. The van der Waals surface area contributed by atoms with Gasteiger partial charge in [0.25, 0.3) is 0 Å². The number of hydrogen-bond donors (Lipinski definition) is 0. The van der Waals surface area contributed by atoms with Gasteiger partial charge in [0.15, 0.2) is 21.6 Å². The molecule has 0 aromatic carbocycles. The van der Waals surface area contributed by atoms with E-state index in [2.05, 4.69) is 41.7 Å². The Kier molecular flexibility index (Phi) is 4.54. The molecule has 0 aliphatic rings. The molecule has 0 N–H and O–H groups in total. The van der Waals surface area contributed by atoms with Crippen LogP contribution in [0.15, 0.2) is 12.7 Å². The standard InChI is InChI=1S/C14H6Cl4N8/c15-9-7-11(23-13(17)21-9)25(5-19-7)3-1-2-4-26-6-20-8-10(16)22-14(18)24-12(8)26/h5-6H,3-4H2. The number of halogens is 4. The van der Waals surface area contributed by atoms with Crippen molar-refractivity contribution in [1.29, 1.82) is 0 Å². The second kappa shape index (κ2) is 6.85. The molecule has 4 aromatic heterocycles. The fraction of sp³-hybridized carbons (Fsp3) is 0.143. The molecule has 0 amide bonds. The van der Waals surface area contributed by atoms with Crippen LogP contribution in [0.4, 0.5) is 0 Å². The van der Waals surface area contributed by atoms with E-state index in [1.807, 2.05) is 0 Å². The van der Waals surface area contributed by atoms with E-state index in [-0.39, 0.29) is 20.9 Å². The van der Waals surface area contributed by atoms with Crippen molar-refractivity contribution in [2.45, 2.75) is 13.1 Å². The van der Waals surface area contributed by atoms with Crippen molar-refractivity contribution < 1.29 is 0 Å². The summed E-state index contributed by atoms with van der Waals surface area (Å²) in [5, 5.41) is 0.501. The third-order valence-corrected chi connectivity index (χ3v) is 4.28. The van der Waals surface area contributed by atoms with Gasteiger partial charge in [-0.1, -0.05) is 35.0 Å². The molecule has 0 radical (unpaired) electrons. The van der Waals surface area contributed by atoms with Gasteiger partial charge in [0.2, 0.25) is 10.6 Å². The van der Waals surface area contributed by atoms with Gasteiger partial charge in [0.1, 0.15) is 11.0 Å². The fourth-order valence-corrected chi connectivity index (χ4v) is 3.13. The Balaban J connectivity index is 1.57. The van der Waals surface area contributed by atoms with Crippen LogP contribution in [0, 0.1) is 11.8 Å². The molecule has 0 unspecified atom stereocenters. The maximum absolute atomic E-state index is 5.99. The van der Waals surface area contributed by atoms with Gasteiger partial charge in [-0.3, -0.25) is 0 Å². The molecule has 26 heavy (non-hydrogen) atoms. The second-order valence-electron chi connectivity index (χ2n) is 5.01. The lowest BCUT2D eigenvalue weighted by Crippen LogP contribution is -1.99. The Morgan fingerprint density at radius 3 is 1.54 bits per heavy atom. The zero-order valence-corrected chi connectivity index (χ0v) is 15.7. The highest BCUT2D eigenvalue weighted by Gasteiger charge is 2.11. The van der Waals surface area contributed by atoms with Crippen molar-refractivity contribution in [1.82, 2.24) is 39.0 Å². The molecule has 0 aliphatic heterocycles. The molecule has 0 aliphatic carbocycles. The van der Waals surface area contributed by atoms with Crippen LogP contribution >= 0.6 is 46.4 Å². The van der Waals surface area contributed by atoms with Crippen molar-refractivity contribution in [3.63, 3.8) is 0 Å². The number of hydrogen-bond acceptors (Lipinski definition) is 6. The second-order valence-corrected chi connectivity index (χ2v) is 6.40. The molecule has 130 valence electrons. The molecule has 0 atom stereocenters. The van der Waals surface area contributed by atoms with Crippen LogP contribution < -0.4 is 0 Å². The summed E-state index contributed by atoms with van der Waals surface area (Å²) < 4.78 is 3.45. The number of aromatic nitrogens is 8. The number of imidazole rings is 2. The highest BCUT2D eigenvalue weighted by atomic mass is 35.5. The van der Waals surface area contributed by atoms with Gasteiger partial charge in [-0.15, -0.1) is 0 Å². The van der Waals surface area contributed by atoms with E-state index in [4.69, 9.17) is 46.4 Å². The molecule has 0 fully saturated rings. The molecule has 12 heteroatoms. The van der Waals surface area contributed by atoms with Crippen LogP contribution in [0.3, 0.4) is 0 Å². The van der Waals surface area contributed by atoms with E-state index in [1.165, 1.54) is 0 Å². The maximum atomic E-state index is 5.99. The molecular formula is C14H6Cl4N8. The van der Waals surface area contributed by atoms with Crippen molar-refractivity contribution in [2.75, 3.05) is 0 Å². The first-order valence-corrected chi connectivity index (χ1v) is 8.57. The number of fused-ring (bicyclic) bond motifs is 2. The third kappa shape index (κ3) is 3.15. The quantitative estimate of drug-likeness (QED) is 0.277. The van der Waals surface area contributed by atoms with Crippen LogP contribution in [0.1, 0.15) is 0 Å². The monoisotopic (exact) mass is 426 g/mol. The van der Waals surface area contributed by atoms with Crippen LogP contribution in [0.2, 0.25) is 20.9 Å². The summed E-state index contributed by atoms with van der Waals surface area (Å²) in [6.45, 7) is 0.701. The predicted octanol–water partition coefficient (Wildman–Crippen LogP) is 3.28. The van der Waals surface area contributed by atoms with Crippen LogP contribution in [-0.2, 0) is 13.1 Å². The van der Waals surface area contributed by atoms with Crippen LogP contribution in [0.5, 0.6) is 0 Å². The molecule has 0 bridgehead atoms. The van der Waals surface area contributed by atoms with E-state index in [0.29, 0.717) is 35.4 Å². The van der Waals surface area contributed by atoms with E-state index in [1.54, 1.807) is 21.8 Å². The smallest absolute Gasteiger partial charge is 0.225 e. The summed E-state index contributed by atoms with van der Waals surface area (Å²) >= 11 is 23.7. The Morgan fingerprint density at radius 1 is 0.692 bits per heavy atom. The molecule has 4 rings (SSSR count). The lowest BCUT2D eigenvalue weighted by molar-refractivity contribution is 0.837. The van der Waals surface area contributed by atoms with Crippen molar-refractivity contribution >= 4 is 68.7 Å². The first kappa shape index (κ1) is 17.2. The Hall–Kier alpha value is -2.18. The summed E-state index contributed by atoms with van der Waals surface area (Å²) in [7, 11) is 0. The normalized spacial score (nSPS) is 11.1. The molecular weight excluding hydrogens is 422 g/mol. The summed E-state index contributed by atoms with van der Waals surface area (Å²) in [4.78, 5) is 24.3. The summed E-state index contributed by atoms with van der Waals surface area (Å²) in [5.41, 5.74) is 1.98. The van der Waals surface area contributed by atoms with Crippen molar-refractivity contribution in [3.05, 3.63) is 33.5 Å². The molecule has 4 heterocycles. The highest BCUT2D eigenvalue weighted by molar-refractivity contribution is 6.35. The van der Waals surface area contributed by atoms with Crippen molar-refractivity contribution in [3.8, 4) is 11.8 Å². The van der Waals surface area contributed by atoms with Gasteiger partial charge >= 0.3 is 0 Å². The predicted molar refractivity (Wildman–Crippen MR) is 98.5 cm³/mol. The van der Waals surface area contributed by atoms with Gasteiger partial charge in [-0.05, 0) is 23.2 Å². The summed E-state index contributed by atoms with van der Waals surface area (Å²) in [6.07, 6.45) is 3.16. The topological polar surface area (TPSA) is 87.2 Å². The Labute approximate surface area is 166 Å². The van der Waals surface area contributed by atoms with Crippen LogP contribution in [-0.4, -0.2) is 39.0 Å². The third-order valence-electron chi connectivity index (χ3n) is 3.41. The number of rotatable bonds is 2. The van der Waals surface area contributed by atoms with Gasteiger partial charge in [-0.2, -0.15) is 9.97 Å². The Bertz CT molecular complexity index is 1110. The minimum Gasteiger partial charge on any atom is -0.303 e. The van der Waals surface area contributed by atoms with Gasteiger partial charge in [0.05, 0.1) is 25.7 Å². The van der Waals surface area contributed by atoms with E-state index < -0.39 is 0 Å². The lowest BCUT2D eigenvalue weighted by atomic mass is 10.5. The van der Waals surface area contributed by atoms with E-state index >= 15 is 0 Å². The zero-order chi connectivity index (χ0) is 18.3. The van der Waals surface area contributed by atoms with Crippen LogP contribution in [0.25, 0.3) is 22.3 Å². The van der Waals surface area contributed by atoms with E-state index in [0.717, 1.165) is 0 Å². The lowest BCUT2D eigenvalue weighted by Gasteiger charge is -1.99. The molecule has 0 saturated carbocycles. The van der Waals surface area contributed by atoms with Gasteiger partial charge in [-0.25, -0.2) is 19.9 Å². The minimum absolute atomic E-state index is 0.0514. The molecule has 8 nitrogen and oxygen atoms in total. The molecule has 4 aromatic rings. The highest BCUT2D eigenvalue weighted by Crippen LogP contribution is 2.21. The summed E-state index contributed by atoms with van der Waals surface area (Å²) in [6, 6.07) is 0. The summed E-state index contributed by atoms with van der Waals surface area (Å²) in [5.74, 6) is 6.04. The fourth-order valence-electron chi connectivity index (χ4n) is 2.28. The SMILES string of the molecule is Clc1nc(Cl)c2ncn(CC#CCn3cnc4c(Cl)nc(Cl)nc43)c2n1.